The molecule has 0 aliphatic heterocycles. The topological polar surface area (TPSA) is 42.9 Å². The highest BCUT2D eigenvalue weighted by molar-refractivity contribution is 8.01. The van der Waals surface area contributed by atoms with Gasteiger partial charge >= 0.3 is 0 Å². The molecule has 0 aromatic carbocycles. The largest absolute Gasteiger partial charge is 0.292 e. The van der Waals surface area contributed by atoms with Gasteiger partial charge in [0.05, 0.1) is 10.6 Å². The second kappa shape index (κ2) is 5.56. The smallest absolute Gasteiger partial charge is 0.183 e. The van der Waals surface area contributed by atoms with E-state index >= 15 is 0 Å². The van der Waals surface area contributed by atoms with Crippen LogP contribution >= 0.6 is 34.6 Å². The van der Waals surface area contributed by atoms with Gasteiger partial charge in [-0.1, -0.05) is 24.8 Å². The highest BCUT2D eigenvalue weighted by Gasteiger charge is 2.09. The second-order valence-corrected chi connectivity index (χ2v) is 5.94. The average Bonchev–Trinajstić information content (AvgIpc) is 2.96. The Morgan fingerprint density at radius 1 is 1.56 bits per heavy atom. The van der Waals surface area contributed by atoms with Gasteiger partial charge in [-0.05, 0) is 23.0 Å². The molecule has 0 aliphatic rings. The van der Waals surface area contributed by atoms with Gasteiger partial charge in [0.2, 0.25) is 0 Å². The van der Waals surface area contributed by atoms with Crippen LogP contribution in [0, 0.1) is 0 Å². The molecular weight excluding hydrogens is 260 g/mol. The summed E-state index contributed by atoms with van der Waals surface area (Å²) < 4.78 is 5.05. The summed E-state index contributed by atoms with van der Waals surface area (Å²) in [5.74, 6) is 1.46. The lowest BCUT2D eigenvalue weighted by Crippen LogP contribution is -1.98. The summed E-state index contributed by atoms with van der Waals surface area (Å²) in [5, 5.41) is 1.91. The number of aryl methyl sites for hydroxylation is 1. The molecule has 0 saturated heterocycles. The van der Waals surface area contributed by atoms with E-state index < -0.39 is 0 Å². The first-order valence-corrected chi connectivity index (χ1v) is 7.45. The maximum Gasteiger partial charge on any atom is 0.183 e. The van der Waals surface area contributed by atoms with E-state index in [-0.39, 0.29) is 5.78 Å². The maximum absolute atomic E-state index is 11.7. The average molecular weight is 270 g/mol. The molecular formula is C10H10N2OS3. The molecule has 2 aromatic rings. The van der Waals surface area contributed by atoms with Crippen LogP contribution in [0.3, 0.4) is 0 Å². The van der Waals surface area contributed by atoms with Crippen LogP contribution in [-0.2, 0) is 6.42 Å². The summed E-state index contributed by atoms with van der Waals surface area (Å²) in [6.07, 6.45) is 0.843. The normalized spacial score (nSPS) is 10.6. The predicted molar refractivity (Wildman–Crippen MR) is 68.7 cm³/mol. The predicted octanol–water partition coefficient (Wildman–Crippen LogP) is 3.14. The first-order chi connectivity index (χ1) is 7.79. The van der Waals surface area contributed by atoms with Gasteiger partial charge in [0.15, 0.2) is 10.1 Å². The van der Waals surface area contributed by atoms with E-state index in [1.165, 1.54) is 34.6 Å². The lowest BCUT2D eigenvalue weighted by Gasteiger charge is -1.94. The zero-order valence-electron chi connectivity index (χ0n) is 8.67. The number of aromatic nitrogens is 2. The first-order valence-electron chi connectivity index (χ1n) is 4.81. The maximum atomic E-state index is 11.7. The van der Waals surface area contributed by atoms with Gasteiger partial charge < -0.3 is 0 Å². The van der Waals surface area contributed by atoms with Crippen LogP contribution in [0.1, 0.15) is 22.4 Å². The molecule has 0 aliphatic carbocycles. The van der Waals surface area contributed by atoms with Crippen LogP contribution in [0.4, 0.5) is 0 Å². The van der Waals surface area contributed by atoms with E-state index in [0.29, 0.717) is 5.75 Å². The van der Waals surface area contributed by atoms with Crippen molar-refractivity contribution in [3.05, 3.63) is 28.2 Å². The van der Waals surface area contributed by atoms with Crippen molar-refractivity contribution in [1.82, 2.24) is 9.36 Å². The molecule has 0 amide bonds. The molecule has 0 unspecified atom stereocenters. The molecule has 16 heavy (non-hydrogen) atoms. The van der Waals surface area contributed by atoms with Gasteiger partial charge in [0.25, 0.3) is 0 Å². The first kappa shape index (κ1) is 11.8. The fourth-order valence-electron chi connectivity index (χ4n) is 1.08. The van der Waals surface area contributed by atoms with E-state index in [1.807, 2.05) is 24.4 Å². The Balaban J connectivity index is 1.90. The van der Waals surface area contributed by atoms with E-state index in [1.54, 1.807) is 0 Å². The highest BCUT2D eigenvalue weighted by atomic mass is 32.2. The fraction of sp³-hybridized carbons (Fsp3) is 0.300. The Morgan fingerprint density at radius 3 is 3.06 bits per heavy atom. The van der Waals surface area contributed by atoms with Crippen LogP contribution < -0.4 is 0 Å². The number of thioether (sulfide) groups is 1. The number of nitrogens with zero attached hydrogens (tertiary/aromatic N) is 2. The van der Waals surface area contributed by atoms with Crippen molar-refractivity contribution in [2.45, 2.75) is 17.7 Å². The van der Waals surface area contributed by atoms with E-state index in [2.05, 4.69) is 9.36 Å². The third-order valence-electron chi connectivity index (χ3n) is 1.89. The summed E-state index contributed by atoms with van der Waals surface area (Å²) in [5.41, 5.74) is 0. The standard InChI is InChI=1S/C10H10N2OS3/c1-2-9-11-10(16-12-9)15-6-7(13)8-4-3-5-14-8/h3-5H,2,6H2,1H3. The summed E-state index contributed by atoms with van der Waals surface area (Å²) in [6.45, 7) is 2.02. The minimum atomic E-state index is 0.160. The van der Waals surface area contributed by atoms with Crippen molar-refractivity contribution in [3.8, 4) is 0 Å². The summed E-state index contributed by atoms with van der Waals surface area (Å²) >= 11 is 4.31. The SMILES string of the molecule is CCc1nsc(SCC(=O)c2cccs2)n1. The quantitative estimate of drug-likeness (QED) is 0.618. The van der Waals surface area contributed by atoms with Crippen molar-refractivity contribution < 1.29 is 4.79 Å². The fourth-order valence-corrected chi connectivity index (χ4v) is 3.41. The van der Waals surface area contributed by atoms with E-state index in [0.717, 1.165) is 21.5 Å². The molecule has 3 nitrogen and oxygen atoms in total. The molecule has 0 saturated carbocycles. The molecule has 0 bridgehead atoms. The number of Topliss-reactive ketones (excluding diaryl/α,β-unsaturated/α-hetero) is 1. The number of hydrogen-bond donors (Lipinski definition) is 0. The Kier molecular flexibility index (Phi) is 4.09. The van der Waals surface area contributed by atoms with Crippen molar-refractivity contribution >= 4 is 40.4 Å². The Hall–Kier alpha value is -0.720. The van der Waals surface area contributed by atoms with Crippen molar-refractivity contribution in [1.29, 1.82) is 0 Å². The third kappa shape index (κ3) is 2.90. The van der Waals surface area contributed by atoms with Crippen molar-refractivity contribution in [3.63, 3.8) is 0 Å². The van der Waals surface area contributed by atoms with Crippen LogP contribution in [0.2, 0.25) is 0 Å². The number of rotatable bonds is 5. The van der Waals surface area contributed by atoms with Crippen LogP contribution in [0.25, 0.3) is 0 Å². The Morgan fingerprint density at radius 2 is 2.44 bits per heavy atom. The van der Waals surface area contributed by atoms with Crippen molar-refractivity contribution in [2.24, 2.45) is 0 Å². The van der Waals surface area contributed by atoms with Gasteiger partial charge in [-0.15, -0.1) is 11.3 Å². The Bertz CT molecular complexity index is 464. The molecule has 84 valence electrons. The Labute approximate surface area is 106 Å². The second-order valence-electron chi connectivity index (χ2n) is 3.02. The molecule has 2 rings (SSSR count). The van der Waals surface area contributed by atoms with Gasteiger partial charge in [-0.25, -0.2) is 4.98 Å². The van der Waals surface area contributed by atoms with Gasteiger partial charge in [-0.2, -0.15) is 4.37 Å². The van der Waals surface area contributed by atoms with Crippen molar-refractivity contribution in [2.75, 3.05) is 5.75 Å². The number of carbonyl (C=O) groups excluding carboxylic acids is 1. The zero-order chi connectivity index (χ0) is 11.4. The van der Waals surface area contributed by atoms with Crippen LogP contribution in [-0.4, -0.2) is 20.9 Å². The molecule has 2 heterocycles. The van der Waals surface area contributed by atoms with E-state index in [9.17, 15) is 4.79 Å². The summed E-state index contributed by atoms with van der Waals surface area (Å²) in [7, 11) is 0. The van der Waals surface area contributed by atoms with Gasteiger partial charge in [0.1, 0.15) is 5.82 Å². The lowest BCUT2D eigenvalue weighted by atomic mass is 10.4. The molecule has 0 N–H and O–H groups in total. The van der Waals surface area contributed by atoms with Gasteiger partial charge in [-0.3, -0.25) is 4.79 Å². The molecule has 0 atom stereocenters. The van der Waals surface area contributed by atoms with E-state index in [4.69, 9.17) is 0 Å². The number of thiophene rings is 1. The molecule has 2 aromatic heterocycles. The van der Waals surface area contributed by atoms with Crippen LogP contribution in [0.5, 0.6) is 0 Å². The number of hydrogen-bond acceptors (Lipinski definition) is 6. The highest BCUT2D eigenvalue weighted by Crippen LogP contribution is 2.22. The summed E-state index contributed by atoms with van der Waals surface area (Å²) in [6, 6.07) is 3.74. The van der Waals surface area contributed by atoms with Gasteiger partial charge in [0, 0.05) is 6.42 Å². The molecule has 0 spiro atoms. The molecule has 0 fully saturated rings. The number of ketones is 1. The zero-order valence-corrected chi connectivity index (χ0v) is 11.1. The molecule has 0 radical (unpaired) electrons. The minimum Gasteiger partial charge on any atom is -0.292 e. The monoisotopic (exact) mass is 270 g/mol. The van der Waals surface area contributed by atoms with Crippen LogP contribution in [0.15, 0.2) is 21.9 Å². The number of carbonyl (C=O) groups is 1. The molecule has 6 heteroatoms. The third-order valence-corrected chi connectivity index (χ3v) is 4.67. The lowest BCUT2D eigenvalue weighted by molar-refractivity contribution is 0.102. The minimum absolute atomic E-state index is 0.160. The summed E-state index contributed by atoms with van der Waals surface area (Å²) in [4.78, 5) is 16.8.